The molecule has 0 N–H and O–H groups in total. The Morgan fingerprint density at radius 1 is 1.56 bits per heavy atom. The van der Waals surface area contributed by atoms with Crippen LogP contribution in [0.15, 0.2) is 10.9 Å². The van der Waals surface area contributed by atoms with E-state index in [-0.39, 0.29) is 17.8 Å². The first-order valence-electron chi connectivity index (χ1n) is 5.27. The van der Waals surface area contributed by atoms with Gasteiger partial charge in [-0.25, -0.2) is 0 Å². The molecular weight excluding hydrogens is 236 g/mol. The van der Waals surface area contributed by atoms with Crippen molar-refractivity contribution in [1.82, 2.24) is 4.57 Å². The topological polar surface area (TPSA) is 89.2 Å². The predicted molar refractivity (Wildman–Crippen MR) is 60.0 cm³/mol. The highest BCUT2D eigenvalue weighted by molar-refractivity contribution is 6.09. The molecule has 1 unspecified atom stereocenters. The summed E-state index contributed by atoms with van der Waals surface area (Å²) >= 11 is 0. The molecule has 0 spiro atoms. The molecule has 2 heterocycles. The number of esters is 1. The lowest BCUT2D eigenvalue weighted by molar-refractivity contribution is -0.143. The Morgan fingerprint density at radius 2 is 2.22 bits per heavy atom. The van der Waals surface area contributed by atoms with Gasteiger partial charge in [-0.3, -0.25) is 14.4 Å². The summed E-state index contributed by atoms with van der Waals surface area (Å²) in [7, 11) is 1.19. The molecule has 0 saturated heterocycles. The summed E-state index contributed by atoms with van der Waals surface area (Å²) < 4.78 is 5.68. The summed E-state index contributed by atoms with van der Waals surface area (Å²) in [4.78, 5) is 35.3. The zero-order chi connectivity index (χ0) is 13.4. The zero-order valence-electron chi connectivity index (χ0n) is 9.89. The lowest BCUT2D eigenvalue weighted by atomic mass is 10.0. The monoisotopic (exact) mass is 246 g/mol. The number of methoxy groups -OCH3 is 1. The maximum atomic E-state index is 12.0. The Hall–Kier alpha value is -2.42. The highest BCUT2D eigenvalue weighted by Crippen LogP contribution is 2.21. The normalized spacial score (nSPS) is 17.2. The van der Waals surface area contributed by atoms with Crippen LogP contribution in [0.3, 0.4) is 0 Å². The number of nitrogens with zero attached hydrogens (tertiary/aromatic N) is 2. The Bertz CT molecular complexity index is 651. The van der Waals surface area contributed by atoms with Crippen molar-refractivity contribution in [1.29, 1.82) is 5.26 Å². The second-order valence-corrected chi connectivity index (χ2v) is 4.06. The Labute approximate surface area is 102 Å². The molecule has 18 heavy (non-hydrogen) atoms. The van der Waals surface area contributed by atoms with E-state index in [0.717, 1.165) is 4.57 Å². The van der Waals surface area contributed by atoms with Crippen molar-refractivity contribution in [3.05, 3.63) is 33.2 Å². The van der Waals surface area contributed by atoms with Gasteiger partial charge in [0.15, 0.2) is 5.78 Å². The molecule has 0 radical (unpaired) electrons. The van der Waals surface area contributed by atoms with Gasteiger partial charge < -0.3 is 9.30 Å². The summed E-state index contributed by atoms with van der Waals surface area (Å²) in [5.41, 5.74) is 0.0591. The number of rotatable bonds is 1. The number of carbonyl (C=O) groups is 2. The number of aromatic nitrogens is 1. The van der Waals surface area contributed by atoms with Gasteiger partial charge in [0.05, 0.1) is 12.8 Å². The number of carbonyl (C=O) groups excluding carboxylic acids is 2. The van der Waals surface area contributed by atoms with Crippen molar-refractivity contribution >= 4 is 11.8 Å². The maximum Gasteiger partial charge on any atom is 0.318 e. The number of Topliss-reactive ketones (excluding diaryl/α,β-unsaturated/α-hetero) is 1. The van der Waals surface area contributed by atoms with Crippen LogP contribution >= 0.6 is 0 Å². The van der Waals surface area contributed by atoms with E-state index in [1.165, 1.54) is 13.2 Å². The number of hydrogen-bond acceptors (Lipinski definition) is 5. The fourth-order valence-corrected chi connectivity index (χ4v) is 2.06. The van der Waals surface area contributed by atoms with Crippen LogP contribution in [0.25, 0.3) is 0 Å². The molecule has 1 aromatic heterocycles. The molecule has 6 heteroatoms. The minimum Gasteiger partial charge on any atom is -0.468 e. The van der Waals surface area contributed by atoms with Gasteiger partial charge in [-0.1, -0.05) is 0 Å². The highest BCUT2D eigenvalue weighted by Gasteiger charge is 2.38. The van der Waals surface area contributed by atoms with Gasteiger partial charge in [0, 0.05) is 6.54 Å². The van der Waals surface area contributed by atoms with Gasteiger partial charge in [-0.05, 0) is 18.6 Å². The molecule has 6 nitrogen and oxygen atoms in total. The van der Waals surface area contributed by atoms with Crippen LogP contribution in [0.2, 0.25) is 0 Å². The van der Waals surface area contributed by atoms with E-state index < -0.39 is 23.2 Å². The van der Waals surface area contributed by atoms with Crippen LogP contribution in [0.1, 0.15) is 21.6 Å². The average Bonchev–Trinajstić information content (AvgIpc) is 2.67. The van der Waals surface area contributed by atoms with Crippen LogP contribution in [-0.2, 0) is 16.1 Å². The minimum absolute atomic E-state index is 0.00272. The molecule has 1 aliphatic rings. The molecule has 0 fully saturated rings. The van der Waals surface area contributed by atoms with E-state index in [4.69, 9.17) is 5.26 Å². The first kappa shape index (κ1) is 12.0. The Balaban J connectivity index is 2.61. The first-order chi connectivity index (χ1) is 8.51. The zero-order valence-corrected chi connectivity index (χ0v) is 9.89. The molecule has 1 aliphatic heterocycles. The summed E-state index contributed by atoms with van der Waals surface area (Å²) in [6.45, 7) is 1.52. The van der Waals surface area contributed by atoms with Gasteiger partial charge in [0.1, 0.15) is 17.6 Å². The summed E-state index contributed by atoms with van der Waals surface area (Å²) in [6, 6.07) is 3.27. The number of nitriles is 1. The second kappa shape index (κ2) is 4.11. The highest BCUT2D eigenvalue weighted by atomic mass is 16.5. The molecule has 2 rings (SSSR count). The second-order valence-electron chi connectivity index (χ2n) is 4.06. The number of pyridine rings is 1. The third-order valence-corrected chi connectivity index (χ3v) is 3.03. The molecule has 0 amide bonds. The van der Waals surface area contributed by atoms with E-state index in [0.29, 0.717) is 5.56 Å². The standard InChI is InChI=1S/C12H10N2O4/c1-6-3-9-10(15)8(12(17)18-2)5-14(9)11(16)7(6)4-13/h3,8H,5H2,1-2H3. The smallest absolute Gasteiger partial charge is 0.318 e. The fourth-order valence-electron chi connectivity index (χ4n) is 2.06. The van der Waals surface area contributed by atoms with E-state index >= 15 is 0 Å². The summed E-state index contributed by atoms with van der Waals surface area (Å²) in [5.74, 6) is -2.10. The van der Waals surface area contributed by atoms with Gasteiger partial charge in [0.25, 0.3) is 5.56 Å². The quantitative estimate of drug-likeness (QED) is 0.514. The summed E-state index contributed by atoms with van der Waals surface area (Å²) in [5, 5.41) is 8.88. The molecule has 1 atom stereocenters. The van der Waals surface area contributed by atoms with Crippen LogP contribution < -0.4 is 5.56 Å². The molecule has 1 aromatic rings. The van der Waals surface area contributed by atoms with E-state index in [9.17, 15) is 14.4 Å². The SMILES string of the molecule is COC(=O)C1Cn2c(cc(C)c(C#N)c2=O)C1=O. The molecule has 92 valence electrons. The van der Waals surface area contributed by atoms with Crippen LogP contribution in [-0.4, -0.2) is 23.4 Å². The van der Waals surface area contributed by atoms with Gasteiger partial charge in [-0.15, -0.1) is 0 Å². The largest absolute Gasteiger partial charge is 0.468 e. The molecule has 0 aliphatic carbocycles. The van der Waals surface area contributed by atoms with Crippen molar-refractivity contribution in [3.8, 4) is 6.07 Å². The van der Waals surface area contributed by atoms with Gasteiger partial charge >= 0.3 is 5.97 Å². The van der Waals surface area contributed by atoms with E-state index in [1.54, 1.807) is 13.0 Å². The molecule has 0 saturated carbocycles. The Kier molecular flexibility index (Phi) is 2.75. The van der Waals surface area contributed by atoms with Crippen LogP contribution in [0.5, 0.6) is 0 Å². The number of ether oxygens (including phenoxy) is 1. The third-order valence-electron chi connectivity index (χ3n) is 3.03. The summed E-state index contributed by atoms with van der Waals surface area (Å²) in [6.07, 6.45) is 0. The average molecular weight is 246 g/mol. The van der Waals surface area contributed by atoms with E-state index in [2.05, 4.69) is 4.74 Å². The lowest BCUT2D eigenvalue weighted by Gasteiger charge is -2.04. The van der Waals surface area contributed by atoms with Crippen LogP contribution in [0, 0.1) is 24.2 Å². The molecule has 0 bridgehead atoms. The van der Waals surface area contributed by atoms with Crippen molar-refractivity contribution < 1.29 is 14.3 Å². The number of hydrogen-bond donors (Lipinski definition) is 0. The molecular formula is C12H10N2O4. The number of fused-ring (bicyclic) bond motifs is 1. The van der Waals surface area contributed by atoms with Crippen molar-refractivity contribution in [2.24, 2.45) is 5.92 Å². The number of ketones is 1. The van der Waals surface area contributed by atoms with Gasteiger partial charge in [-0.2, -0.15) is 5.26 Å². The number of aryl methyl sites for hydroxylation is 1. The minimum atomic E-state index is -0.990. The van der Waals surface area contributed by atoms with E-state index in [1.807, 2.05) is 0 Å². The first-order valence-corrected chi connectivity index (χ1v) is 5.27. The maximum absolute atomic E-state index is 12.0. The fraction of sp³-hybridized carbons (Fsp3) is 0.333. The predicted octanol–water partition coefficient (Wildman–Crippen LogP) is 0.0139. The van der Waals surface area contributed by atoms with Crippen molar-refractivity contribution in [2.45, 2.75) is 13.5 Å². The Morgan fingerprint density at radius 3 is 2.78 bits per heavy atom. The van der Waals surface area contributed by atoms with Crippen molar-refractivity contribution in [2.75, 3.05) is 7.11 Å². The van der Waals surface area contributed by atoms with Crippen LogP contribution in [0.4, 0.5) is 0 Å². The molecule has 0 aromatic carbocycles. The van der Waals surface area contributed by atoms with Gasteiger partial charge in [0.2, 0.25) is 0 Å². The lowest BCUT2D eigenvalue weighted by Crippen LogP contribution is -2.25. The van der Waals surface area contributed by atoms with Crippen molar-refractivity contribution in [3.63, 3.8) is 0 Å². The third kappa shape index (κ3) is 1.52.